The minimum absolute atomic E-state index is 0.0342. The van der Waals surface area contributed by atoms with E-state index in [-0.39, 0.29) is 11.8 Å². The fourth-order valence-corrected chi connectivity index (χ4v) is 3.24. The van der Waals surface area contributed by atoms with Gasteiger partial charge in [-0.05, 0) is 58.4 Å². The lowest BCUT2D eigenvalue weighted by molar-refractivity contribution is 0.0599. The van der Waals surface area contributed by atoms with Crippen LogP contribution >= 0.6 is 0 Å². The second-order valence-electron chi connectivity index (χ2n) is 7.00. The Morgan fingerprint density at radius 2 is 1.85 bits per heavy atom. The van der Waals surface area contributed by atoms with Crippen LogP contribution in [0.3, 0.4) is 0 Å². The largest absolute Gasteiger partial charge is 0.465 e. The van der Waals surface area contributed by atoms with Gasteiger partial charge in [0.15, 0.2) is 5.78 Å². The molecule has 0 unspecified atom stereocenters. The number of aromatic nitrogens is 1. The Bertz CT molecular complexity index is 836. The maximum absolute atomic E-state index is 13.0. The first-order valence-electron chi connectivity index (χ1n) is 8.75. The lowest BCUT2D eigenvalue weighted by Gasteiger charge is -2.24. The Balaban J connectivity index is 2.22. The fourth-order valence-electron chi connectivity index (χ4n) is 3.24. The molecule has 0 saturated heterocycles. The van der Waals surface area contributed by atoms with Crippen LogP contribution in [0.4, 0.5) is 0 Å². The number of carbonyl (C=O) groups is 2. The van der Waals surface area contributed by atoms with Crippen molar-refractivity contribution in [3.05, 3.63) is 57.4 Å². The molecule has 5 nitrogen and oxygen atoms in total. The third kappa shape index (κ3) is 3.88. The molecule has 1 atom stereocenters. The van der Waals surface area contributed by atoms with Crippen molar-refractivity contribution in [3.8, 4) is 0 Å². The second-order valence-corrected chi connectivity index (χ2v) is 7.00. The first kappa shape index (κ1) is 19.9. The third-order valence-corrected chi connectivity index (χ3v) is 5.03. The van der Waals surface area contributed by atoms with Crippen LogP contribution in [0.15, 0.2) is 18.2 Å². The van der Waals surface area contributed by atoms with Gasteiger partial charge in [0.1, 0.15) is 0 Å². The Hall–Kier alpha value is -2.40. The van der Waals surface area contributed by atoms with Gasteiger partial charge in [-0.3, -0.25) is 9.69 Å². The molecule has 5 heteroatoms. The number of hydrogen-bond acceptors (Lipinski definition) is 4. The first-order chi connectivity index (χ1) is 12.2. The summed E-state index contributed by atoms with van der Waals surface area (Å²) in [5, 5.41) is 0. The number of esters is 1. The van der Waals surface area contributed by atoms with Crippen LogP contribution in [-0.2, 0) is 11.3 Å². The smallest absolute Gasteiger partial charge is 0.339 e. The molecule has 1 N–H and O–H groups in total. The number of carbonyl (C=O) groups excluding carboxylic acids is 2. The van der Waals surface area contributed by atoms with Gasteiger partial charge >= 0.3 is 5.97 Å². The predicted octanol–water partition coefficient (Wildman–Crippen LogP) is 3.74. The molecule has 0 aliphatic heterocycles. The minimum atomic E-state index is -0.424. The summed E-state index contributed by atoms with van der Waals surface area (Å²) in [5.74, 6) is -0.459. The number of H-pyrrole nitrogens is 1. The van der Waals surface area contributed by atoms with Crippen molar-refractivity contribution in [1.29, 1.82) is 0 Å². The van der Waals surface area contributed by atoms with Crippen molar-refractivity contribution in [3.63, 3.8) is 0 Å². The SMILES string of the molecule is COC(=O)c1c(C)[nH]c(C(=O)[C@@H](C)N(C)Cc2ccc(C)cc2C)c1C. The molecule has 1 heterocycles. The highest BCUT2D eigenvalue weighted by Crippen LogP contribution is 2.22. The number of nitrogens with one attached hydrogen (secondary N) is 1. The van der Waals surface area contributed by atoms with Gasteiger partial charge in [-0.1, -0.05) is 23.8 Å². The van der Waals surface area contributed by atoms with Crippen molar-refractivity contribution in [1.82, 2.24) is 9.88 Å². The molecule has 0 bridgehead atoms. The van der Waals surface area contributed by atoms with E-state index in [4.69, 9.17) is 4.74 Å². The van der Waals surface area contributed by atoms with Gasteiger partial charge in [0.2, 0.25) is 0 Å². The summed E-state index contributed by atoms with van der Waals surface area (Å²) >= 11 is 0. The van der Waals surface area contributed by atoms with E-state index in [0.29, 0.717) is 29.1 Å². The summed E-state index contributed by atoms with van der Waals surface area (Å²) in [5.41, 5.74) is 5.87. The minimum Gasteiger partial charge on any atom is -0.465 e. The van der Waals surface area contributed by atoms with Gasteiger partial charge in [-0.15, -0.1) is 0 Å². The molecule has 0 aliphatic carbocycles. The normalized spacial score (nSPS) is 12.3. The summed E-state index contributed by atoms with van der Waals surface area (Å²) in [6, 6.07) is 6.02. The molecular weight excluding hydrogens is 328 g/mol. The van der Waals surface area contributed by atoms with E-state index >= 15 is 0 Å². The lowest BCUT2D eigenvalue weighted by Crippen LogP contribution is -2.36. The van der Waals surface area contributed by atoms with Gasteiger partial charge in [-0.2, -0.15) is 0 Å². The number of ether oxygens (including phenoxy) is 1. The number of benzene rings is 1. The van der Waals surface area contributed by atoms with Crippen molar-refractivity contribution < 1.29 is 14.3 Å². The number of aromatic amines is 1. The van der Waals surface area contributed by atoms with Crippen LogP contribution in [0.5, 0.6) is 0 Å². The average Bonchev–Trinajstić information content (AvgIpc) is 2.89. The van der Waals surface area contributed by atoms with Gasteiger partial charge < -0.3 is 9.72 Å². The number of ketones is 1. The van der Waals surface area contributed by atoms with E-state index in [2.05, 4.69) is 37.0 Å². The molecule has 1 aromatic heterocycles. The topological polar surface area (TPSA) is 62.4 Å². The summed E-state index contributed by atoms with van der Waals surface area (Å²) < 4.78 is 4.82. The zero-order valence-corrected chi connectivity index (χ0v) is 16.7. The van der Waals surface area contributed by atoms with E-state index in [1.807, 2.05) is 18.9 Å². The van der Waals surface area contributed by atoms with E-state index in [1.54, 1.807) is 13.8 Å². The fraction of sp³-hybridized carbons (Fsp3) is 0.429. The molecule has 0 fully saturated rings. The molecule has 0 amide bonds. The van der Waals surface area contributed by atoms with E-state index in [0.717, 1.165) is 0 Å². The van der Waals surface area contributed by atoms with Crippen molar-refractivity contribution >= 4 is 11.8 Å². The number of aryl methyl sites for hydroxylation is 3. The van der Waals surface area contributed by atoms with E-state index in [9.17, 15) is 9.59 Å². The number of hydrogen-bond donors (Lipinski definition) is 1. The molecule has 0 spiro atoms. The molecule has 2 rings (SSSR count). The van der Waals surface area contributed by atoms with Gasteiger partial charge in [-0.25, -0.2) is 4.79 Å². The van der Waals surface area contributed by atoms with Crippen molar-refractivity contribution in [2.45, 2.75) is 47.2 Å². The molecule has 2 aromatic rings. The summed E-state index contributed by atoms with van der Waals surface area (Å²) in [6.07, 6.45) is 0. The van der Waals surface area contributed by atoms with Gasteiger partial charge in [0.05, 0.1) is 24.4 Å². The van der Waals surface area contributed by atoms with Crippen LogP contribution in [0.1, 0.15) is 55.7 Å². The number of likely N-dealkylation sites (N-methyl/N-ethyl adjacent to an activating group) is 1. The van der Waals surface area contributed by atoms with Crippen LogP contribution in [0.25, 0.3) is 0 Å². The summed E-state index contributed by atoms with van der Waals surface area (Å²) in [4.78, 5) is 30.0. The zero-order chi connectivity index (χ0) is 19.6. The van der Waals surface area contributed by atoms with Crippen LogP contribution in [-0.4, -0.2) is 41.8 Å². The van der Waals surface area contributed by atoms with Crippen molar-refractivity contribution in [2.75, 3.05) is 14.2 Å². The summed E-state index contributed by atoms with van der Waals surface area (Å²) in [6.45, 7) is 10.3. The first-order valence-corrected chi connectivity index (χ1v) is 8.75. The van der Waals surface area contributed by atoms with Crippen LogP contribution in [0, 0.1) is 27.7 Å². The van der Waals surface area contributed by atoms with Gasteiger partial charge in [0.25, 0.3) is 0 Å². The van der Waals surface area contributed by atoms with Crippen LogP contribution < -0.4 is 0 Å². The monoisotopic (exact) mass is 356 g/mol. The predicted molar refractivity (Wildman–Crippen MR) is 103 cm³/mol. The average molecular weight is 356 g/mol. The second kappa shape index (κ2) is 7.87. The number of rotatable bonds is 6. The Kier molecular flexibility index (Phi) is 6.03. The van der Waals surface area contributed by atoms with Crippen LogP contribution in [0.2, 0.25) is 0 Å². The lowest BCUT2D eigenvalue weighted by atomic mass is 10.0. The van der Waals surface area contributed by atoms with E-state index in [1.165, 1.54) is 23.8 Å². The highest BCUT2D eigenvalue weighted by atomic mass is 16.5. The quantitative estimate of drug-likeness (QED) is 0.633. The zero-order valence-electron chi connectivity index (χ0n) is 16.7. The standard InChI is InChI=1S/C21H28N2O3/c1-12-8-9-17(13(2)10-12)11-23(6)16(5)20(24)19-14(3)18(15(4)22-19)21(25)26-7/h8-10,16,22H,11H2,1-7H3/t16-/m1/s1. The third-order valence-electron chi connectivity index (χ3n) is 5.03. The van der Waals surface area contributed by atoms with E-state index < -0.39 is 5.97 Å². The highest BCUT2D eigenvalue weighted by Gasteiger charge is 2.27. The Labute approximate surface area is 155 Å². The molecule has 0 saturated carbocycles. The Morgan fingerprint density at radius 3 is 2.42 bits per heavy atom. The molecule has 26 heavy (non-hydrogen) atoms. The number of methoxy groups -OCH3 is 1. The highest BCUT2D eigenvalue weighted by molar-refractivity contribution is 6.03. The summed E-state index contributed by atoms with van der Waals surface area (Å²) in [7, 11) is 3.28. The molecule has 140 valence electrons. The Morgan fingerprint density at radius 1 is 1.19 bits per heavy atom. The number of Topliss-reactive ketones (excluding diaryl/α,β-unsaturated/α-hetero) is 1. The van der Waals surface area contributed by atoms with Crippen molar-refractivity contribution in [2.24, 2.45) is 0 Å². The molecule has 1 aromatic carbocycles. The van der Waals surface area contributed by atoms with Gasteiger partial charge in [0, 0.05) is 12.2 Å². The molecule has 0 radical (unpaired) electrons. The number of nitrogens with zero attached hydrogens (tertiary/aromatic N) is 1. The maximum Gasteiger partial charge on any atom is 0.339 e. The molecule has 0 aliphatic rings. The maximum atomic E-state index is 13.0. The molecular formula is C21H28N2O3.